The lowest BCUT2D eigenvalue weighted by molar-refractivity contribution is 0.415. The molecular weight excluding hydrogens is 296 g/mol. The van der Waals surface area contributed by atoms with Crippen LogP contribution in [0.4, 0.5) is 5.69 Å². The van der Waals surface area contributed by atoms with Gasteiger partial charge in [0.05, 0.1) is 25.6 Å². The highest BCUT2D eigenvalue weighted by molar-refractivity contribution is 5.80. The highest BCUT2D eigenvalue weighted by Crippen LogP contribution is 2.17. The van der Waals surface area contributed by atoms with Gasteiger partial charge in [-0.05, 0) is 47.5 Å². The van der Waals surface area contributed by atoms with E-state index < -0.39 is 0 Å². The van der Waals surface area contributed by atoms with E-state index in [9.17, 15) is 0 Å². The van der Waals surface area contributed by atoms with Crippen molar-refractivity contribution >= 4 is 11.9 Å². The predicted octanol–water partition coefficient (Wildman–Crippen LogP) is 4.74. The maximum Gasteiger partial charge on any atom is 0.118 e. The van der Waals surface area contributed by atoms with Crippen molar-refractivity contribution < 1.29 is 4.74 Å². The lowest BCUT2D eigenvalue weighted by Crippen LogP contribution is -2.15. The summed E-state index contributed by atoms with van der Waals surface area (Å²) >= 11 is 0. The van der Waals surface area contributed by atoms with Crippen molar-refractivity contribution in [2.75, 3.05) is 12.1 Å². The van der Waals surface area contributed by atoms with Crippen LogP contribution in [0.5, 0.6) is 5.75 Å². The van der Waals surface area contributed by atoms with Gasteiger partial charge in [0.1, 0.15) is 5.75 Å². The monoisotopic (exact) mass is 316 g/mol. The van der Waals surface area contributed by atoms with Gasteiger partial charge in [-0.25, -0.2) is 0 Å². The van der Waals surface area contributed by atoms with Gasteiger partial charge in [0, 0.05) is 0 Å². The van der Waals surface area contributed by atoms with E-state index in [1.807, 2.05) is 71.9 Å². The van der Waals surface area contributed by atoms with Gasteiger partial charge in [-0.1, -0.05) is 48.5 Å². The minimum absolute atomic E-state index is 0.720. The molecule has 0 bridgehead atoms. The fraction of sp³-hybridized carbons (Fsp3) is 0.0952. The standard InChI is InChI=1S/C21H20N2O/c1-24-21-14-12-18(13-15-21)16-22-23(20-10-6-3-7-11-20)17-19-8-4-2-5-9-19/h2-16H,17H2,1H3/b22-16-. The summed E-state index contributed by atoms with van der Waals surface area (Å²) in [5, 5.41) is 6.68. The molecule has 0 atom stereocenters. The van der Waals surface area contributed by atoms with E-state index in [1.54, 1.807) is 7.11 Å². The minimum Gasteiger partial charge on any atom is -0.497 e. The fourth-order valence-electron chi connectivity index (χ4n) is 2.38. The molecule has 0 aliphatic rings. The van der Waals surface area contributed by atoms with Crippen LogP contribution in [0, 0.1) is 0 Å². The molecule has 0 spiro atoms. The SMILES string of the molecule is COc1ccc(/C=N\N(Cc2ccccc2)c2ccccc2)cc1. The summed E-state index contributed by atoms with van der Waals surface area (Å²) in [6.45, 7) is 0.720. The lowest BCUT2D eigenvalue weighted by atomic mass is 10.2. The van der Waals surface area contributed by atoms with E-state index in [0.717, 1.165) is 23.5 Å². The number of hydrazone groups is 1. The number of nitrogens with zero attached hydrogens (tertiary/aromatic N) is 2. The van der Waals surface area contributed by atoms with Gasteiger partial charge in [0.25, 0.3) is 0 Å². The third-order valence-corrected chi connectivity index (χ3v) is 3.69. The quantitative estimate of drug-likeness (QED) is 0.485. The van der Waals surface area contributed by atoms with Gasteiger partial charge in [-0.2, -0.15) is 5.10 Å². The minimum atomic E-state index is 0.720. The molecule has 3 heteroatoms. The first kappa shape index (κ1) is 15.8. The number of methoxy groups -OCH3 is 1. The number of hydrogen-bond acceptors (Lipinski definition) is 3. The molecule has 0 unspecified atom stereocenters. The largest absolute Gasteiger partial charge is 0.497 e. The Morgan fingerprint density at radius 2 is 1.46 bits per heavy atom. The van der Waals surface area contributed by atoms with Gasteiger partial charge >= 0.3 is 0 Å². The molecule has 0 amide bonds. The lowest BCUT2D eigenvalue weighted by Gasteiger charge is -2.19. The molecular formula is C21H20N2O. The molecule has 3 aromatic rings. The molecule has 0 N–H and O–H groups in total. The van der Waals surface area contributed by atoms with Crippen molar-refractivity contribution in [3.8, 4) is 5.75 Å². The third-order valence-electron chi connectivity index (χ3n) is 3.69. The number of para-hydroxylation sites is 1. The second-order valence-corrected chi connectivity index (χ2v) is 5.40. The van der Waals surface area contributed by atoms with Crippen molar-refractivity contribution in [3.63, 3.8) is 0 Å². The number of hydrogen-bond donors (Lipinski definition) is 0. The topological polar surface area (TPSA) is 24.8 Å². The molecule has 0 saturated heterocycles. The zero-order valence-electron chi connectivity index (χ0n) is 13.7. The van der Waals surface area contributed by atoms with Gasteiger partial charge in [0.15, 0.2) is 0 Å². The van der Waals surface area contributed by atoms with Gasteiger partial charge in [-0.15, -0.1) is 0 Å². The Kier molecular flexibility index (Phi) is 5.25. The van der Waals surface area contributed by atoms with E-state index in [0.29, 0.717) is 0 Å². The number of ether oxygens (including phenoxy) is 1. The average molecular weight is 316 g/mol. The zero-order valence-corrected chi connectivity index (χ0v) is 13.7. The van der Waals surface area contributed by atoms with Crippen LogP contribution in [0.2, 0.25) is 0 Å². The summed E-state index contributed by atoms with van der Waals surface area (Å²) in [7, 11) is 1.67. The summed E-state index contributed by atoms with van der Waals surface area (Å²) in [6.07, 6.45) is 1.87. The van der Waals surface area contributed by atoms with Crippen molar-refractivity contribution in [2.24, 2.45) is 5.10 Å². The molecule has 24 heavy (non-hydrogen) atoms. The smallest absolute Gasteiger partial charge is 0.118 e. The molecule has 3 nitrogen and oxygen atoms in total. The molecule has 3 rings (SSSR count). The first-order valence-corrected chi connectivity index (χ1v) is 7.90. The zero-order chi connectivity index (χ0) is 16.6. The summed E-state index contributed by atoms with van der Waals surface area (Å²) in [6, 6.07) is 28.4. The fourth-order valence-corrected chi connectivity index (χ4v) is 2.38. The Bertz CT molecular complexity index is 768. The van der Waals surface area contributed by atoms with Gasteiger partial charge < -0.3 is 4.74 Å². The van der Waals surface area contributed by atoms with E-state index in [2.05, 4.69) is 29.4 Å². The number of rotatable bonds is 6. The molecule has 0 saturated carbocycles. The van der Waals surface area contributed by atoms with Crippen LogP contribution in [-0.4, -0.2) is 13.3 Å². The van der Waals surface area contributed by atoms with E-state index in [-0.39, 0.29) is 0 Å². The highest BCUT2D eigenvalue weighted by atomic mass is 16.5. The Morgan fingerprint density at radius 3 is 2.08 bits per heavy atom. The second-order valence-electron chi connectivity index (χ2n) is 5.40. The Morgan fingerprint density at radius 1 is 0.833 bits per heavy atom. The summed E-state index contributed by atoms with van der Waals surface area (Å²) in [5.74, 6) is 0.844. The third kappa shape index (κ3) is 4.23. The van der Waals surface area contributed by atoms with Gasteiger partial charge in [-0.3, -0.25) is 5.01 Å². The van der Waals surface area contributed by atoms with Crippen molar-refractivity contribution in [1.82, 2.24) is 0 Å². The molecule has 3 aromatic carbocycles. The van der Waals surface area contributed by atoms with Crippen LogP contribution in [0.3, 0.4) is 0 Å². The van der Waals surface area contributed by atoms with Crippen LogP contribution in [-0.2, 0) is 6.54 Å². The summed E-state index contributed by atoms with van der Waals surface area (Å²) < 4.78 is 5.19. The first-order chi connectivity index (χ1) is 11.8. The molecule has 120 valence electrons. The van der Waals surface area contributed by atoms with Crippen LogP contribution >= 0.6 is 0 Å². The summed E-state index contributed by atoms with van der Waals surface area (Å²) in [4.78, 5) is 0. The van der Waals surface area contributed by atoms with Crippen molar-refractivity contribution in [1.29, 1.82) is 0 Å². The first-order valence-electron chi connectivity index (χ1n) is 7.90. The molecule has 0 heterocycles. The van der Waals surface area contributed by atoms with Crippen LogP contribution < -0.4 is 9.75 Å². The van der Waals surface area contributed by atoms with Crippen molar-refractivity contribution in [2.45, 2.75) is 6.54 Å². The molecule has 0 radical (unpaired) electrons. The van der Waals surface area contributed by atoms with Gasteiger partial charge in [0.2, 0.25) is 0 Å². The second kappa shape index (κ2) is 7.97. The molecule has 0 aliphatic carbocycles. The number of benzene rings is 3. The van der Waals surface area contributed by atoms with E-state index >= 15 is 0 Å². The highest BCUT2D eigenvalue weighted by Gasteiger charge is 2.05. The van der Waals surface area contributed by atoms with Crippen LogP contribution in [0.1, 0.15) is 11.1 Å². The predicted molar refractivity (Wildman–Crippen MR) is 99.7 cm³/mol. The average Bonchev–Trinajstić information content (AvgIpc) is 2.67. The Balaban J connectivity index is 1.82. The number of anilines is 1. The van der Waals surface area contributed by atoms with E-state index in [4.69, 9.17) is 4.74 Å². The molecule has 0 aromatic heterocycles. The molecule has 0 fully saturated rings. The van der Waals surface area contributed by atoms with Crippen LogP contribution in [0.15, 0.2) is 90.0 Å². The summed E-state index contributed by atoms with van der Waals surface area (Å²) in [5.41, 5.74) is 3.31. The van der Waals surface area contributed by atoms with Crippen LogP contribution in [0.25, 0.3) is 0 Å². The normalized spacial score (nSPS) is 10.7. The maximum atomic E-state index is 5.19. The molecule has 0 aliphatic heterocycles. The maximum absolute atomic E-state index is 5.19. The Labute approximate surface area is 142 Å². The van der Waals surface area contributed by atoms with Crippen molar-refractivity contribution in [3.05, 3.63) is 96.1 Å². The Hall–Kier alpha value is -3.07. The van der Waals surface area contributed by atoms with E-state index in [1.165, 1.54) is 5.56 Å².